The molecule has 0 spiro atoms. The van der Waals surface area contributed by atoms with Gasteiger partial charge in [0.2, 0.25) is 0 Å². The molecule has 82 valence electrons. The van der Waals surface area contributed by atoms with Crippen LogP contribution in [0.4, 0.5) is 0 Å². The van der Waals surface area contributed by atoms with Gasteiger partial charge >= 0.3 is 10.3 Å². The third kappa shape index (κ3) is 1.89. The summed E-state index contributed by atoms with van der Waals surface area (Å²) in [7, 11) is -4.14. The van der Waals surface area contributed by atoms with Gasteiger partial charge in [0.25, 0.3) is 0 Å². The summed E-state index contributed by atoms with van der Waals surface area (Å²) >= 11 is 0. The molecule has 3 N–H and O–H groups in total. The molecule has 0 radical (unpaired) electrons. The fourth-order valence-electron chi connectivity index (χ4n) is 1.80. The Balaban J connectivity index is 2.29. The largest absolute Gasteiger partial charge is 0.336 e. The molecule has 1 aromatic rings. The molecule has 1 heterocycles. The van der Waals surface area contributed by atoms with Crippen LogP contribution in [0.1, 0.15) is 11.6 Å². The van der Waals surface area contributed by atoms with Crippen LogP contribution in [0.3, 0.4) is 0 Å². The highest BCUT2D eigenvalue weighted by Gasteiger charge is 2.44. The molecule has 2 rings (SSSR count). The molecular weight excluding hydrogens is 216 g/mol. The van der Waals surface area contributed by atoms with E-state index in [1.54, 1.807) is 12.1 Å². The van der Waals surface area contributed by atoms with Crippen LogP contribution in [0.2, 0.25) is 0 Å². The van der Waals surface area contributed by atoms with E-state index in [-0.39, 0.29) is 12.6 Å². The van der Waals surface area contributed by atoms with E-state index in [9.17, 15) is 8.42 Å². The van der Waals surface area contributed by atoms with Gasteiger partial charge in [-0.15, -0.1) is 0 Å². The molecule has 1 saturated heterocycles. The third-order valence-corrected chi connectivity index (χ3v) is 3.51. The van der Waals surface area contributed by atoms with Crippen molar-refractivity contribution in [2.24, 2.45) is 5.73 Å². The smallest absolute Gasteiger partial charge is 0.325 e. The van der Waals surface area contributed by atoms with Gasteiger partial charge in [-0.1, -0.05) is 30.3 Å². The van der Waals surface area contributed by atoms with Gasteiger partial charge in [-0.3, -0.25) is 4.55 Å². The number of benzene rings is 1. The van der Waals surface area contributed by atoms with Gasteiger partial charge in [0.1, 0.15) is 0 Å². The van der Waals surface area contributed by atoms with Gasteiger partial charge in [-0.05, 0) is 5.56 Å². The van der Waals surface area contributed by atoms with Crippen molar-refractivity contribution < 1.29 is 13.0 Å². The van der Waals surface area contributed by atoms with Crippen LogP contribution in [-0.2, 0) is 10.3 Å². The van der Waals surface area contributed by atoms with Crippen LogP contribution < -0.4 is 5.73 Å². The minimum Gasteiger partial charge on any atom is -0.325 e. The molecule has 2 atom stereocenters. The number of hydrogen-bond donors (Lipinski definition) is 2. The minimum absolute atomic E-state index is 0.165. The molecule has 1 fully saturated rings. The van der Waals surface area contributed by atoms with E-state index >= 15 is 0 Å². The summed E-state index contributed by atoms with van der Waals surface area (Å²) in [5.74, 6) is 0. The molecule has 2 unspecified atom stereocenters. The molecule has 1 aromatic carbocycles. The first kappa shape index (κ1) is 10.6. The van der Waals surface area contributed by atoms with E-state index in [0.717, 1.165) is 9.87 Å². The topological polar surface area (TPSA) is 83.6 Å². The monoisotopic (exact) mass is 228 g/mol. The summed E-state index contributed by atoms with van der Waals surface area (Å²) in [4.78, 5) is 0. The number of hydrogen-bond acceptors (Lipinski definition) is 3. The van der Waals surface area contributed by atoms with E-state index in [2.05, 4.69) is 0 Å². The molecular formula is C9H12N2O3S. The molecule has 0 amide bonds. The molecule has 0 aromatic heterocycles. The van der Waals surface area contributed by atoms with Crippen molar-refractivity contribution in [3.05, 3.63) is 35.9 Å². The van der Waals surface area contributed by atoms with E-state index < -0.39 is 16.3 Å². The van der Waals surface area contributed by atoms with Crippen molar-refractivity contribution in [1.29, 1.82) is 0 Å². The zero-order valence-electron chi connectivity index (χ0n) is 7.95. The zero-order chi connectivity index (χ0) is 11.1. The van der Waals surface area contributed by atoms with Crippen molar-refractivity contribution >= 4 is 10.3 Å². The van der Waals surface area contributed by atoms with Crippen molar-refractivity contribution in [2.45, 2.75) is 12.1 Å². The third-order valence-electron chi connectivity index (χ3n) is 2.54. The highest BCUT2D eigenvalue weighted by atomic mass is 32.2. The number of rotatable bonds is 2. The molecule has 5 nitrogen and oxygen atoms in total. The number of nitrogens with zero attached hydrogens (tertiary/aromatic N) is 1. The maximum absolute atomic E-state index is 11.0. The summed E-state index contributed by atoms with van der Waals surface area (Å²) < 4.78 is 31.9. The Hall–Kier alpha value is -0.950. The van der Waals surface area contributed by atoms with Gasteiger partial charge in [-0.2, -0.15) is 12.7 Å². The van der Waals surface area contributed by atoms with Gasteiger partial charge in [0, 0.05) is 12.6 Å². The molecule has 1 aliphatic heterocycles. The van der Waals surface area contributed by atoms with Crippen molar-refractivity contribution in [3.8, 4) is 0 Å². The Kier molecular flexibility index (Phi) is 2.51. The molecule has 0 bridgehead atoms. The molecule has 0 saturated carbocycles. The number of nitrogens with two attached hydrogens (primary N) is 1. The second kappa shape index (κ2) is 3.57. The van der Waals surface area contributed by atoms with Gasteiger partial charge in [0.05, 0.1) is 6.04 Å². The van der Waals surface area contributed by atoms with Crippen molar-refractivity contribution in [2.75, 3.05) is 6.54 Å². The molecule has 15 heavy (non-hydrogen) atoms. The highest BCUT2D eigenvalue weighted by Crippen LogP contribution is 2.33. The maximum Gasteiger partial charge on any atom is 0.336 e. The summed E-state index contributed by atoms with van der Waals surface area (Å²) in [5.41, 5.74) is 6.52. The molecule has 0 aliphatic carbocycles. The summed E-state index contributed by atoms with van der Waals surface area (Å²) in [6.45, 7) is 0.165. The quantitative estimate of drug-likeness (QED) is 0.707. The predicted molar refractivity (Wildman–Crippen MR) is 55.4 cm³/mol. The zero-order valence-corrected chi connectivity index (χ0v) is 8.76. The second-order valence-electron chi connectivity index (χ2n) is 3.57. The van der Waals surface area contributed by atoms with Crippen LogP contribution in [0.15, 0.2) is 30.3 Å². The van der Waals surface area contributed by atoms with Crippen LogP contribution >= 0.6 is 0 Å². The molecule has 1 aliphatic rings. The maximum atomic E-state index is 11.0. The lowest BCUT2D eigenvalue weighted by Crippen LogP contribution is -2.59. The van der Waals surface area contributed by atoms with E-state index in [1.165, 1.54) is 0 Å². The van der Waals surface area contributed by atoms with Crippen LogP contribution in [0.25, 0.3) is 0 Å². The van der Waals surface area contributed by atoms with Crippen LogP contribution in [0.5, 0.6) is 0 Å². The predicted octanol–water partition coefficient (Wildman–Crippen LogP) is 0.173. The normalized spacial score (nSPS) is 27.3. The summed E-state index contributed by atoms with van der Waals surface area (Å²) in [6.07, 6.45) is 0. The molecule has 6 heteroatoms. The summed E-state index contributed by atoms with van der Waals surface area (Å²) in [6, 6.07) is 8.34. The summed E-state index contributed by atoms with van der Waals surface area (Å²) in [5, 5.41) is 0. The van der Waals surface area contributed by atoms with Crippen molar-refractivity contribution in [1.82, 2.24) is 4.31 Å². The first-order valence-corrected chi connectivity index (χ1v) is 5.94. The van der Waals surface area contributed by atoms with Gasteiger partial charge in [-0.25, -0.2) is 0 Å². The first-order valence-electron chi connectivity index (χ1n) is 4.55. The Morgan fingerprint density at radius 2 is 1.93 bits per heavy atom. The Morgan fingerprint density at radius 1 is 1.33 bits per heavy atom. The van der Waals surface area contributed by atoms with E-state index in [1.807, 2.05) is 18.2 Å². The SMILES string of the molecule is NC1CN(S(=O)(=O)O)C1c1ccccc1. The second-order valence-corrected chi connectivity index (χ2v) is 4.93. The van der Waals surface area contributed by atoms with E-state index in [4.69, 9.17) is 10.3 Å². The standard InChI is InChI=1S/C9H12N2O3S/c10-8-6-11(15(12,13)14)9(8)7-4-2-1-3-5-7/h1-5,8-9H,6,10H2,(H,12,13,14). The lowest BCUT2D eigenvalue weighted by molar-refractivity contribution is 0.147. The van der Waals surface area contributed by atoms with Gasteiger partial charge < -0.3 is 5.73 Å². The Bertz CT molecular complexity index is 446. The average Bonchev–Trinajstić information content (AvgIpc) is 2.14. The average molecular weight is 228 g/mol. The Labute approximate surface area is 88.4 Å². The Morgan fingerprint density at radius 3 is 2.40 bits per heavy atom. The van der Waals surface area contributed by atoms with E-state index in [0.29, 0.717) is 0 Å². The fraction of sp³-hybridized carbons (Fsp3) is 0.333. The van der Waals surface area contributed by atoms with Crippen LogP contribution in [0, 0.1) is 0 Å². The van der Waals surface area contributed by atoms with Gasteiger partial charge in [0.15, 0.2) is 0 Å². The highest BCUT2D eigenvalue weighted by molar-refractivity contribution is 7.83. The minimum atomic E-state index is -4.14. The van der Waals surface area contributed by atoms with Crippen LogP contribution in [-0.4, -0.2) is 29.9 Å². The lowest BCUT2D eigenvalue weighted by atomic mass is 9.93. The lowest BCUT2D eigenvalue weighted by Gasteiger charge is -2.43. The first-order chi connectivity index (χ1) is 7.00. The van der Waals surface area contributed by atoms with Crippen molar-refractivity contribution in [3.63, 3.8) is 0 Å². The fourth-order valence-corrected chi connectivity index (χ4v) is 2.72.